The molecule has 0 rings (SSSR count). The average Bonchev–Trinajstić information content (AvgIpc) is 1.81. The van der Waals surface area contributed by atoms with E-state index in [0.717, 1.165) is 0 Å². The van der Waals surface area contributed by atoms with E-state index < -0.39 is 26.8 Å². The Morgan fingerprint density at radius 3 is 2.23 bits per heavy atom. The summed E-state index contributed by atoms with van der Waals surface area (Å²) < 4.78 is 71.9. The van der Waals surface area contributed by atoms with Gasteiger partial charge in [0.15, 0.2) is 0 Å². The Bertz CT molecular complexity index is 204. The van der Waals surface area contributed by atoms with Crippen LogP contribution in [-0.2, 0) is 13.8 Å². The summed E-state index contributed by atoms with van der Waals surface area (Å²) in [6.07, 6.45) is -10.3. The van der Waals surface area contributed by atoms with Gasteiger partial charge in [0.25, 0.3) is 0 Å². The van der Waals surface area contributed by atoms with E-state index in [4.69, 9.17) is 0 Å². The summed E-state index contributed by atoms with van der Waals surface area (Å²) in [5.74, 6) is 0. The van der Waals surface area contributed by atoms with Crippen molar-refractivity contribution in [3.8, 4) is 0 Å². The maximum Gasteiger partial charge on any atom is 0.394 e. The number of phosphoric ester groups is 1. The van der Waals surface area contributed by atoms with Crippen LogP contribution in [0.4, 0.5) is 22.1 Å². The van der Waals surface area contributed by atoms with Gasteiger partial charge in [0.05, 0.1) is 6.42 Å². The van der Waals surface area contributed by atoms with Crippen LogP contribution in [0.25, 0.3) is 0 Å². The zero-order valence-electron chi connectivity index (χ0n) is 5.75. The Morgan fingerprint density at radius 2 is 1.92 bits per heavy atom. The lowest BCUT2D eigenvalue weighted by Gasteiger charge is -2.19. The molecule has 0 aromatic heterocycles. The van der Waals surface area contributed by atoms with Gasteiger partial charge < -0.3 is 4.89 Å². The van der Waals surface area contributed by atoms with Crippen LogP contribution in [0, 0.1) is 0 Å². The molecule has 0 aromatic carbocycles. The molecule has 0 spiro atoms. The molecule has 0 amide bonds. The van der Waals surface area contributed by atoms with E-state index in [2.05, 4.69) is 9.25 Å². The fourth-order valence-electron chi connectivity index (χ4n) is 0.376. The number of rotatable bonds is 4. The maximum atomic E-state index is 12.0. The molecule has 0 aliphatic heterocycles. The SMILES string of the molecule is O=P([O-])(OF)OC(F)CC(F)(F)F. The van der Waals surface area contributed by atoms with E-state index >= 15 is 0 Å². The lowest BCUT2D eigenvalue weighted by molar-refractivity contribution is -0.267. The van der Waals surface area contributed by atoms with Gasteiger partial charge in [0, 0.05) is 0 Å². The first-order valence-corrected chi connectivity index (χ1v) is 4.13. The van der Waals surface area contributed by atoms with Crippen LogP contribution < -0.4 is 4.89 Å². The fraction of sp³-hybridized carbons (Fsp3) is 1.00. The summed E-state index contributed by atoms with van der Waals surface area (Å²) in [5.41, 5.74) is 0. The predicted molar refractivity (Wildman–Crippen MR) is 26.5 cm³/mol. The number of hydrogen-bond donors (Lipinski definition) is 0. The number of hydrogen-bond acceptors (Lipinski definition) is 4. The first kappa shape index (κ1) is 12.8. The van der Waals surface area contributed by atoms with Gasteiger partial charge in [-0.2, -0.15) is 13.2 Å². The van der Waals surface area contributed by atoms with Crippen molar-refractivity contribution in [1.29, 1.82) is 0 Å². The van der Waals surface area contributed by atoms with Crippen molar-refractivity contribution >= 4 is 7.82 Å². The lowest BCUT2D eigenvalue weighted by atomic mass is 10.4. The second kappa shape index (κ2) is 4.32. The number of phosphoric acid groups is 1. The largest absolute Gasteiger partial charge is 0.754 e. The van der Waals surface area contributed by atoms with E-state index in [1.165, 1.54) is 0 Å². The highest BCUT2D eigenvalue weighted by Gasteiger charge is 2.34. The highest BCUT2D eigenvalue weighted by Crippen LogP contribution is 2.42. The summed E-state index contributed by atoms with van der Waals surface area (Å²) in [6, 6.07) is 0. The summed E-state index contributed by atoms with van der Waals surface area (Å²) in [6.45, 7) is 0. The van der Waals surface area contributed by atoms with Crippen molar-refractivity contribution in [1.82, 2.24) is 0 Å². The zero-order chi connectivity index (χ0) is 10.7. The summed E-state index contributed by atoms with van der Waals surface area (Å²) >= 11 is 0. The molecule has 0 radical (unpaired) electrons. The minimum Gasteiger partial charge on any atom is -0.754 e. The van der Waals surface area contributed by atoms with Crippen molar-refractivity contribution in [3.63, 3.8) is 0 Å². The minimum atomic E-state index is -5.61. The second-order valence-electron chi connectivity index (χ2n) is 1.85. The van der Waals surface area contributed by atoms with Gasteiger partial charge >= 0.3 is 14.0 Å². The molecule has 4 nitrogen and oxygen atoms in total. The van der Waals surface area contributed by atoms with Crippen LogP contribution in [0.15, 0.2) is 0 Å². The van der Waals surface area contributed by atoms with Crippen LogP contribution >= 0.6 is 7.82 Å². The van der Waals surface area contributed by atoms with Crippen molar-refractivity contribution in [2.75, 3.05) is 0 Å². The molecule has 0 aromatic rings. The third-order valence-electron chi connectivity index (χ3n) is 0.720. The standard InChI is InChI=1S/C3H4F5O4P/c4-2(1-3(5,6)7)11-13(9,10)12-8/h2H,1H2,(H,9,10)/p-1. The van der Waals surface area contributed by atoms with Crippen molar-refractivity contribution < 1.29 is 40.8 Å². The van der Waals surface area contributed by atoms with Crippen molar-refractivity contribution in [2.24, 2.45) is 0 Å². The minimum absolute atomic E-state index is 2.09. The topological polar surface area (TPSA) is 58.6 Å². The Hall–Kier alpha value is -0.240. The second-order valence-corrected chi connectivity index (χ2v) is 3.09. The quantitative estimate of drug-likeness (QED) is 0.542. The number of alkyl halides is 4. The maximum absolute atomic E-state index is 12.0. The van der Waals surface area contributed by atoms with Crippen LogP contribution in [0.5, 0.6) is 0 Å². The van der Waals surface area contributed by atoms with E-state index in [9.17, 15) is 31.5 Å². The van der Waals surface area contributed by atoms with E-state index in [0.29, 0.717) is 0 Å². The molecule has 80 valence electrons. The van der Waals surface area contributed by atoms with Crippen LogP contribution in [0.1, 0.15) is 6.42 Å². The summed E-state index contributed by atoms with van der Waals surface area (Å²) in [4.78, 5) is 9.90. The Morgan fingerprint density at radius 1 is 1.46 bits per heavy atom. The highest BCUT2D eigenvalue weighted by molar-refractivity contribution is 7.45. The third kappa shape index (κ3) is 6.88. The molecular formula is C3H3F5O4P-. The van der Waals surface area contributed by atoms with Gasteiger partial charge in [-0.25, -0.2) is 4.39 Å². The average molecular weight is 229 g/mol. The lowest BCUT2D eigenvalue weighted by Crippen LogP contribution is -2.20. The molecule has 0 N–H and O–H groups in total. The summed E-state index contributed by atoms with van der Waals surface area (Å²) in [5, 5.41) is 0. The molecule has 0 saturated carbocycles. The molecule has 2 unspecified atom stereocenters. The van der Waals surface area contributed by atoms with Crippen LogP contribution in [-0.4, -0.2) is 12.5 Å². The smallest absolute Gasteiger partial charge is 0.394 e. The Labute approximate surface area is 68.8 Å². The molecule has 2 atom stereocenters. The van der Waals surface area contributed by atoms with Gasteiger partial charge in [-0.1, -0.05) is 0 Å². The monoisotopic (exact) mass is 229 g/mol. The normalized spacial score (nSPS) is 19.5. The third-order valence-corrected chi connectivity index (χ3v) is 1.38. The molecule has 13 heavy (non-hydrogen) atoms. The molecule has 0 saturated heterocycles. The molecule has 0 fully saturated rings. The van der Waals surface area contributed by atoms with Crippen molar-refractivity contribution in [2.45, 2.75) is 19.0 Å². The molecular weight excluding hydrogens is 226 g/mol. The van der Waals surface area contributed by atoms with E-state index in [-0.39, 0.29) is 0 Å². The molecule has 10 heteroatoms. The fourth-order valence-corrected chi connectivity index (χ4v) is 0.763. The first-order chi connectivity index (χ1) is 5.66. The molecule has 0 heterocycles. The highest BCUT2D eigenvalue weighted by atomic mass is 31.2. The van der Waals surface area contributed by atoms with Gasteiger partial charge in [-0.05, 0) is 4.53 Å². The van der Waals surface area contributed by atoms with E-state index in [1.54, 1.807) is 0 Å². The van der Waals surface area contributed by atoms with Crippen LogP contribution in [0.2, 0.25) is 0 Å². The number of halogens is 5. The summed E-state index contributed by atoms with van der Waals surface area (Å²) in [7, 11) is -5.61. The van der Waals surface area contributed by atoms with E-state index in [1.807, 2.05) is 0 Å². The molecule has 0 aliphatic rings. The van der Waals surface area contributed by atoms with Gasteiger partial charge in [-0.15, -0.1) is 4.73 Å². The van der Waals surface area contributed by atoms with Gasteiger partial charge in [0.1, 0.15) is 0 Å². The molecule has 0 aliphatic carbocycles. The van der Waals surface area contributed by atoms with Gasteiger partial charge in [0.2, 0.25) is 6.36 Å². The van der Waals surface area contributed by atoms with Gasteiger partial charge in [-0.3, -0.25) is 9.09 Å². The van der Waals surface area contributed by atoms with Crippen LogP contribution in [0.3, 0.4) is 0 Å². The molecule has 0 bridgehead atoms. The van der Waals surface area contributed by atoms with Crippen molar-refractivity contribution in [3.05, 3.63) is 0 Å². The Kier molecular flexibility index (Phi) is 4.24. The zero-order valence-corrected chi connectivity index (χ0v) is 6.65. The first-order valence-electron chi connectivity index (χ1n) is 2.67. The predicted octanol–water partition coefficient (Wildman–Crippen LogP) is 1.62. The Balaban J connectivity index is 4.02.